The number of ether oxygens (including phenoxy) is 2. The van der Waals surface area contributed by atoms with E-state index in [1.807, 2.05) is 0 Å². The summed E-state index contributed by atoms with van der Waals surface area (Å²) in [7, 11) is -2.19. The number of rotatable bonds is 7. The van der Waals surface area contributed by atoms with Gasteiger partial charge in [0.1, 0.15) is 11.3 Å². The molecule has 0 unspecified atom stereocenters. The molecule has 1 amide bonds. The lowest BCUT2D eigenvalue weighted by atomic mass is 10.2. The largest absolute Gasteiger partial charge is 0.496 e. The molecule has 9 nitrogen and oxygen atoms in total. The molecule has 172 valence electrons. The normalized spacial score (nSPS) is 14.6. The van der Waals surface area contributed by atoms with Crippen molar-refractivity contribution in [3.63, 3.8) is 0 Å². The number of hydrogen-bond donors (Lipinski definition) is 2. The summed E-state index contributed by atoms with van der Waals surface area (Å²) in [5.41, 5.74) is 6.33. The van der Waals surface area contributed by atoms with Crippen molar-refractivity contribution in [1.29, 1.82) is 0 Å². The molecule has 0 atom stereocenters. The van der Waals surface area contributed by atoms with Crippen LogP contribution in [-0.2, 0) is 19.6 Å². The first-order chi connectivity index (χ1) is 15.2. The van der Waals surface area contributed by atoms with Crippen molar-refractivity contribution in [2.75, 3.05) is 37.9 Å². The molecule has 2 aromatic rings. The van der Waals surface area contributed by atoms with Gasteiger partial charge in [-0.15, -0.1) is 0 Å². The van der Waals surface area contributed by atoms with Crippen LogP contribution in [0.4, 0.5) is 11.4 Å². The second-order valence-corrected chi connectivity index (χ2v) is 9.53. The Morgan fingerprint density at radius 1 is 1.12 bits per heavy atom. The van der Waals surface area contributed by atoms with Gasteiger partial charge in [0.25, 0.3) is 5.91 Å². The average molecular weight is 482 g/mol. The number of esters is 1. The number of halogens is 1. The Morgan fingerprint density at radius 3 is 2.41 bits per heavy atom. The number of piperidine rings is 1. The van der Waals surface area contributed by atoms with Gasteiger partial charge in [-0.05, 0) is 43.2 Å². The van der Waals surface area contributed by atoms with Gasteiger partial charge >= 0.3 is 5.97 Å². The van der Waals surface area contributed by atoms with E-state index in [1.165, 1.54) is 47.8 Å². The maximum atomic E-state index is 12.7. The van der Waals surface area contributed by atoms with E-state index in [0.717, 1.165) is 19.3 Å². The molecule has 0 bridgehead atoms. The highest BCUT2D eigenvalue weighted by molar-refractivity contribution is 7.89. The van der Waals surface area contributed by atoms with Gasteiger partial charge in [0.2, 0.25) is 10.0 Å². The van der Waals surface area contributed by atoms with E-state index in [-0.39, 0.29) is 26.9 Å². The number of anilines is 2. The average Bonchev–Trinajstić information content (AvgIpc) is 2.80. The quantitative estimate of drug-likeness (QED) is 0.459. The number of hydrogen-bond acceptors (Lipinski definition) is 7. The zero-order valence-corrected chi connectivity index (χ0v) is 19.0. The summed E-state index contributed by atoms with van der Waals surface area (Å²) in [5.74, 6) is -1.23. The Labute approximate surface area is 191 Å². The molecule has 0 spiro atoms. The molecular formula is C21H24ClN3O6S. The zero-order valence-electron chi connectivity index (χ0n) is 17.5. The molecule has 11 heteroatoms. The van der Waals surface area contributed by atoms with Gasteiger partial charge in [0, 0.05) is 24.8 Å². The van der Waals surface area contributed by atoms with Crippen LogP contribution >= 0.6 is 11.6 Å². The highest BCUT2D eigenvalue weighted by atomic mass is 35.5. The van der Waals surface area contributed by atoms with Crippen LogP contribution in [0.25, 0.3) is 0 Å². The number of amides is 1. The molecule has 1 aliphatic heterocycles. The fourth-order valence-corrected chi connectivity index (χ4v) is 4.95. The monoisotopic (exact) mass is 481 g/mol. The van der Waals surface area contributed by atoms with Crippen LogP contribution in [0.1, 0.15) is 29.6 Å². The van der Waals surface area contributed by atoms with E-state index < -0.39 is 28.5 Å². The third-order valence-corrected chi connectivity index (χ3v) is 7.20. The SMILES string of the molecule is COc1cc(N)c(Cl)cc1C(=O)OCC(=O)Nc1ccc(S(=O)(=O)N2CCCCC2)cc1. The number of benzene rings is 2. The summed E-state index contributed by atoms with van der Waals surface area (Å²) in [6, 6.07) is 8.54. The maximum absolute atomic E-state index is 12.7. The molecule has 3 rings (SSSR count). The molecular weight excluding hydrogens is 458 g/mol. The van der Waals surface area contributed by atoms with Crippen molar-refractivity contribution >= 4 is 44.9 Å². The second kappa shape index (κ2) is 10.2. The summed E-state index contributed by atoms with van der Waals surface area (Å²) in [6.07, 6.45) is 2.72. The number of nitrogens with zero attached hydrogens (tertiary/aromatic N) is 1. The zero-order chi connectivity index (χ0) is 23.3. The first kappa shape index (κ1) is 23.8. The molecule has 0 aromatic heterocycles. The summed E-state index contributed by atoms with van der Waals surface area (Å²) >= 11 is 5.94. The minimum absolute atomic E-state index is 0.0340. The number of carbonyl (C=O) groups excluding carboxylic acids is 2. The number of nitrogen functional groups attached to an aromatic ring is 1. The molecule has 0 radical (unpaired) electrons. The summed E-state index contributed by atoms with van der Waals surface area (Å²) in [6.45, 7) is 0.462. The Balaban J connectivity index is 1.58. The number of sulfonamides is 1. The smallest absolute Gasteiger partial charge is 0.342 e. The molecule has 32 heavy (non-hydrogen) atoms. The highest BCUT2D eigenvalue weighted by Crippen LogP contribution is 2.29. The standard InChI is InChI=1S/C21H24ClN3O6S/c1-30-19-12-18(23)17(22)11-16(19)21(27)31-13-20(26)24-14-5-7-15(8-6-14)32(28,29)25-9-3-2-4-10-25/h5-8,11-12H,2-4,9-10,13,23H2,1H3,(H,24,26). The van der Waals surface area contributed by atoms with E-state index in [0.29, 0.717) is 18.8 Å². The Bertz CT molecular complexity index is 1100. The molecule has 3 N–H and O–H groups in total. The Morgan fingerprint density at radius 2 is 1.78 bits per heavy atom. The fraction of sp³-hybridized carbons (Fsp3) is 0.333. The molecule has 0 aliphatic carbocycles. The van der Waals surface area contributed by atoms with Crippen LogP contribution in [0.3, 0.4) is 0 Å². The van der Waals surface area contributed by atoms with Gasteiger partial charge in [-0.2, -0.15) is 4.31 Å². The van der Waals surface area contributed by atoms with E-state index in [1.54, 1.807) is 0 Å². The van der Waals surface area contributed by atoms with Crippen LogP contribution < -0.4 is 15.8 Å². The molecule has 0 saturated carbocycles. The van der Waals surface area contributed by atoms with Crippen molar-refractivity contribution < 1.29 is 27.5 Å². The minimum atomic E-state index is -3.55. The van der Waals surface area contributed by atoms with Crippen LogP contribution in [-0.4, -0.2) is 51.4 Å². The van der Waals surface area contributed by atoms with E-state index in [2.05, 4.69) is 5.32 Å². The van der Waals surface area contributed by atoms with Gasteiger partial charge < -0.3 is 20.5 Å². The van der Waals surface area contributed by atoms with E-state index >= 15 is 0 Å². The van der Waals surface area contributed by atoms with Crippen LogP contribution in [0, 0.1) is 0 Å². The lowest BCUT2D eigenvalue weighted by molar-refractivity contribution is -0.119. The summed E-state index contributed by atoms with van der Waals surface area (Å²) < 4.78 is 37.0. The second-order valence-electron chi connectivity index (χ2n) is 7.19. The molecule has 1 saturated heterocycles. The first-order valence-corrected chi connectivity index (χ1v) is 11.7. The van der Waals surface area contributed by atoms with Gasteiger partial charge in [0.05, 0.1) is 22.7 Å². The third kappa shape index (κ3) is 5.50. The Kier molecular flexibility index (Phi) is 7.60. The minimum Gasteiger partial charge on any atom is -0.496 e. The van der Waals surface area contributed by atoms with Crippen molar-refractivity contribution in [1.82, 2.24) is 4.31 Å². The van der Waals surface area contributed by atoms with E-state index in [4.69, 9.17) is 26.8 Å². The lowest BCUT2D eigenvalue weighted by Crippen LogP contribution is -2.35. The fourth-order valence-electron chi connectivity index (χ4n) is 3.27. The number of methoxy groups -OCH3 is 1. The highest BCUT2D eigenvalue weighted by Gasteiger charge is 2.25. The Hall–Kier alpha value is -2.82. The molecule has 1 fully saturated rings. The van der Waals surface area contributed by atoms with Crippen molar-refractivity contribution in [2.45, 2.75) is 24.2 Å². The number of carbonyl (C=O) groups is 2. The van der Waals surface area contributed by atoms with Crippen LogP contribution in [0.2, 0.25) is 5.02 Å². The maximum Gasteiger partial charge on any atom is 0.342 e. The van der Waals surface area contributed by atoms with Gasteiger partial charge in [-0.3, -0.25) is 4.79 Å². The third-order valence-electron chi connectivity index (χ3n) is 4.96. The summed E-state index contributed by atoms with van der Waals surface area (Å²) in [5, 5.41) is 2.71. The molecule has 1 heterocycles. The number of nitrogens with two attached hydrogens (primary N) is 1. The summed E-state index contributed by atoms with van der Waals surface area (Å²) in [4.78, 5) is 24.6. The molecule has 1 aliphatic rings. The topological polar surface area (TPSA) is 128 Å². The number of nitrogens with one attached hydrogen (secondary N) is 1. The van der Waals surface area contributed by atoms with E-state index in [9.17, 15) is 18.0 Å². The van der Waals surface area contributed by atoms with Gasteiger partial charge in [0.15, 0.2) is 6.61 Å². The predicted octanol–water partition coefficient (Wildman–Crippen LogP) is 2.90. The van der Waals surface area contributed by atoms with Crippen LogP contribution in [0.15, 0.2) is 41.3 Å². The van der Waals surface area contributed by atoms with Crippen molar-refractivity contribution in [2.24, 2.45) is 0 Å². The molecule has 2 aromatic carbocycles. The lowest BCUT2D eigenvalue weighted by Gasteiger charge is -2.25. The van der Waals surface area contributed by atoms with Crippen LogP contribution in [0.5, 0.6) is 5.75 Å². The van der Waals surface area contributed by atoms with Crippen molar-refractivity contribution in [3.05, 3.63) is 47.0 Å². The first-order valence-electron chi connectivity index (χ1n) is 9.92. The van der Waals surface area contributed by atoms with Gasteiger partial charge in [-0.1, -0.05) is 18.0 Å². The predicted molar refractivity (Wildman–Crippen MR) is 120 cm³/mol. The van der Waals surface area contributed by atoms with Crippen molar-refractivity contribution in [3.8, 4) is 5.75 Å². The van der Waals surface area contributed by atoms with Gasteiger partial charge in [-0.25, -0.2) is 13.2 Å².